The molecule has 1 aromatic carbocycles. The fourth-order valence-corrected chi connectivity index (χ4v) is 6.52. The Hall–Kier alpha value is -1.38. The monoisotopic (exact) mass is 437 g/mol. The first-order chi connectivity index (χ1) is 14.1. The summed E-state index contributed by atoms with van der Waals surface area (Å²) in [6, 6.07) is 8.09. The first-order valence-corrected chi connectivity index (χ1v) is 12.5. The smallest absolute Gasteiger partial charge is 0.257 e. The molecule has 0 radical (unpaired) electrons. The zero-order chi connectivity index (χ0) is 20.5. The largest absolute Gasteiger partial charge is 0.484 e. The van der Waals surface area contributed by atoms with Crippen LogP contribution in [-0.4, -0.2) is 61.0 Å². The average Bonchev–Trinajstić information content (AvgIpc) is 2.76. The summed E-state index contributed by atoms with van der Waals surface area (Å²) in [4.78, 5) is 25.6. The van der Waals surface area contributed by atoms with E-state index >= 15 is 0 Å². The van der Waals surface area contributed by atoms with Crippen molar-refractivity contribution >= 4 is 35.3 Å². The number of benzene rings is 1. The summed E-state index contributed by atoms with van der Waals surface area (Å²) >= 11 is 3.99. The molecule has 0 spiro atoms. The van der Waals surface area contributed by atoms with Crippen molar-refractivity contribution in [2.45, 2.75) is 30.3 Å². The Balaban J connectivity index is 1.29. The van der Waals surface area contributed by atoms with E-state index in [1.54, 1.807) is 0 Å². The second-order valence-corrected chi connectivity index (χ2v) is 10.3. The maximum absolute atomic E-state index is 12.0. The molecule has 160 valence electrons. The minimum absolute atomic E-state index is 0.0275. The van der Waals surface area contributed by atoms with Gasteiger partial charge in [-0.1, -0.05) is 12.1 Å². The summed E-state index contributed by atoms with van der Waals surface area (Å²) in [6.45, 7) is 3.23. The SMILES string of the molecule is NC(=O)C1CCCN(CCCNC(=O)COc2ccc(C3SCCCS3)cc2)C1. The minimum atomic E-state index is -0.204. The standard InChI is InChI=1S/C21H31N3O3S2/c22-20(26)17-4-1-10-24(14-17)11-2-9-23-19(25)15-27-18-7-5-16(6-8-18)21-28-12-3-13-29-21/h5-8,17,21H,1-4,9-15H2,(H2,22,26)(H,23,25). The van der Waals surface area contributed by atoms with Crippen molar-refractivity contribution in [1.82, 2.24) is 10.2 Å². The zero-order valence-corrected chi connectivity index (χ0v) is 18.4. The number of likely N-dealkylation sites (tertiary alicyclic amines) is 1. The molecule has 2 heterocycles. The van der Waals surface area contributed by atoms with Gasteiger partial charge >= 0.3 is 0 Å². The molecule has 2 saturated heterocycles. The fraction of sp³-hybridized carbons (Fsp3) is 0.619. The van der Waals surface area contributed by atoms with Crippen LogP contribution in [0.5, 0.6) is 5.75 Å². The number of amides is 2. The van der Waals surface area contributed by atoms with Crippen LogP contribution in [0.15, 0.2) is 24.3 Å². The summed E-state index contributed by atoms with van der Waals surface area (Å²) in [5, 5.41) is 2.90. The molecule has 3 N–H and O–H groups in total. The van der Waals surface area contributed by atoms with Crippen LogP contribution in [0.25, 0.3) is 0 Å². The van der Waals surface area contributed by atoms with Crippen LogP contribution in [0.2, 0.25) is 0 Å². The highest BCUT2D eigenvalue weighted by Crippen LogP contribution is 2.43. The molecule has 3 rings (SSSR count). The van der Waals surface area contributed by atoms with Crippen molar-refractivity contribution in [2.75, 3.05) is 44.3 Å². The van der Waals surface area contributed by atoms with Crippen molar-refractivity contribution in [1.29, 1.82) is 0 Å². The van der Waals surface area contributed by atoms with E-state index < -0.39 is 0 Å². The lowest BCUT2D eigenvalue weighted by molar-refractivity contribution is -0.123. The number of nitrogens with one attached hydrogen (secondary N) is 1. The van der Waals surface area contributed by atoms with E-state index in [4.69, 9.17) is 10.5 Å². The van der Waals surface area contributed by atoms with Gasteiger partial charge < -0.3 is 20.7 Å². The second kappa shape index (κ2) is 11.7. The third-order valence-electron chi connectivity index (χ3n) is 5.23. The molecule has 0 aliphatic carbocycles. The summed E-state index contributed by atoms with van der Waals surface area (Å²) in [5.74, 6) is 2.82. The lowest BCUT2D eigenvalue weighted by Gasteiger charge is -2.31. The first kappa shape index (κ1) is 22.3. The number of nitrogens with zero attached hydrogens (tertiary/aromatic N) is 1. The summed E-state index contributed by atoms with van der Waals surface area (Å²) in [5.41, 5.74) is 6.73. The molecule has 1 aromatic rings. The number of carbonyl (C=O) groups excluding carboxylic acids is 2. The Morgan fingerprint density at radius 1 is 1.17 bits per heavy atom. The molecule has 2 aliphatic rings. The number of rotatable bonds is 9. The summed E-state index contributed by atoms with van der Waals surface area (Å²) in [7, 11) is 0. The van der Waals surface area contributed by atoms with Crippen molar-refractivity contribution < 1.29 is 14.3 Å². The van der Waals surface area contributed by atoms with Crippen LogP contribution in [0.4, 0.5) is 0 Å². The van der Waals surface area contributed by atoms with Gasteiger partial charge in [-0.2, -0.15) is 0 Å². The predicted molar refractivity (Wildman–Crippen MR) is 120 cm³/mol. The van der Waals surface area contributed by atoms with Crippen LogP contribution >= 0.6 is 23.5 Å². The Labute approximate surface area is 181 Å². The van der Waals surface area contributed by atoms with Gasteiger partial charge in [-0.3, -0.25) is 9.59 Å². The molecule has 0 bridgehead atoms. The fourth-order valence-electron chi connectivity index (χ4n) is 3.62. The molecule has 0 saturated carbocycles. The van der Waals surface area contributed by atoms with Gasteiger partial charge in [0.1, 0.15) is 5.75 Å². The van der Waals surface area contributed by atoms with E-state index in [1.165, 1.54) is 23.5 Å². The first-order valence-electron chi connectivity index (χ1n) is 10.4. The van der Waals surface area contributed by atoms with Crippen LogP contribution in [0.1, 0.15) is 35.8 Å². The van der Waals surface area contributed by atoms with E-state index in [2.05, 4.69) is 22.3 Å². The van der Waals surface area contributed by atoms with Gasteiger partial charge in [0.2, 0.25) is 5.91 Å². The lowest BCUT2D eigenvalue weighted by Crippen LogP contribution is -2.42. The maximum Gasteiger partial charge on any atom is 0.257 e. The van der Waals surface area contributed by atoms with E-state index in [1.807, 2.05) is 35.7 Å². The number of thioether (sulfide) groups is 2. The van der Waals surface area contributed by atoms with E-state index in [9.17, 15) is 9.59 Å². The highest BCUT2D eigenvalue weighted by molar-refractivity contribution is 8.16. The number of hydrogen-bond acceptors (Lipinski definition) is 6. The van der Waals surface area contributed by atoms with Crippen LogP contribution in [0.3, 0.4) is 0 Å². The molecule has 0 aromatic heterocycles. The predicted octanol–water partition coefficient (Wildman–Crippen LogP) is 2.64. The molecule has 2 amide bonds. The molecular formula is C21H31N3O3S2. The third-order valence-corrected chi connectivity index (χ3v) is 8.25. The normalized spacial score (nSPS) is 20.9. The molecular weight excluding hydrogens is 406 g/mol. The Bertz CT molecular complexity index is 666. The van der Waals surface area contributed by atoms with E-state index in [-0.39, 0.29) is 24.3 Å². The third kappa shape index (κ3) is 7.42. The topological polar surface area (TPSA) is 84.7 Å². The lowest BCUT2D eigenvalue weighted by atomic mass is 9.97. The minimum Gasteiger partial charge on any atom is -0.484 e. The number of ether oxygens (including phenoxy) is 1. The van der Waals surface area contributed by atoms with Gasteiger partial charge in [-0.05, 0) is 68.0 Å². The van der Waals surface area contributed by atoms with Crippen molar-refractivity contribution in [2.24, 2.45) is 11.7 Å². The zero-order valence-electron chi connectivity index (χ0n) is 16.8. The Kier molecular flexibility index (Phi) is 9.01. The van der Waals surface area contributed by atoms with Crippen molar-refractivity contribution in [3.8, 4) is 5.75 Å². The molecule has 1 atom stereocenters. The molecule has 29 heavy (non-hydrogen) atoms. The molecule has 8 heteroatoms. The molecule has 1 unspecified atom stereocenters. The Morgan fingerprint density at radius 3 is 2.66 bits per heavy atom. The quantitative estimate of drug-likeness (QED) is 0.578. The summed E-state index contributed by atoms with van der Waals surface area (Å²) in [6.07, 6.45) is 4.03. The number of hydrogen-bond donors (Lipinski definition) is 2. The van der Waals surface area contributed by atoms with E-state index in [0.717, 1.165) is 44.6 Å². The average molecular weight is 438 g/mol. The van der Waals surface area contributed by atoms with Crippen LogP contribution in [-0.2, 0) is 9.59 Å². The maximum atomic E-state index is 12.0. The summed E-state index contributed by atoms with van der Waals surface area (Å²) < 4.78 is 6.12. The number of carbonyl (C=O) groups is 2. The second-order valence-electron chi connectivity index (χ2n) is 7.53. The van der Waals surface area contributed by atoms with Crippen LogP contribution < -0.4 is 15.8 Å². The van der Waals surface area contributed by atoms with Crippen molar-refractivity contribution in [3.05, 3.63) is 29.8 Å². The van der Waals surface area contributed by atoms with Crippen LogP contribution in [0, 0.1) is 5.92 Å². The molecule has 2 aliphatic heterocycles. The van der Waals surface area contributed by atoms with Gasteiger partial charge in [0.05, 0.1) is 10.5 Å². The molecule has 6 nitrogen and oxygen atoms in total. The number of piperidine rings is 1. The Morgan fingerprint density at radius 2 is 1.93 bits per heavy atom. The molecule has 2 fully saturated rings. The van der Waals surface area contributed by atoms with E-state index in [0.29, 0.717) is 11.1 Å². The number of primary amides is 1. The number of nitrogens with two attached hydrogens (primary N) is 1. The van der Waals surface area contributed by atoms with Crippen molar-refractivity contribution in [3.63, 3.8) is 0 Å². The van der Waals surface area contributed by atoms with Gasteiger partial charge in [0, 0.05) is 13.1 Å². The van der Waals surface area contributed by atoms with Gasteiger partial charge in [0.15, 0.2) is 6.61 Å². The van der Waals surface area contributed by atoms with Gasteiger partial charge in [-0.15, -0.1) is 23.5 Å². The highest BCUT2D eigenvalue weighted by atomic mass is 32.2. The van der Waals surface area contributed by atoms with Gasteiger partial charge in [-0.25, -0.2) is 0 Å². The highest BCUT2D eigenvalue weighted by Gasteiger charge is 2.23. The van der Waals surface area contributed by atoms with Gasteiger partial charge in [0.25, 0.3) is 5.91 Å².